The summed E-state index contributed by atoms with van der Waals surface area (Å²) in [5, 5.41) is 12.2. The molecule has 1 aromatic heterocycles. The minimum atomic E-state index is -1.04. The largest absolute Gasteiger partial charge is 0.478 e. The van der Waals surface area contributed by atoms with E-state index in [0.29, 0.717) is 17.4 Å². The summed E-state index contributed by atoms with van der Waals surface area (Å²) in [7, 11) is 1.64. The molecule has 1 heterocycles. The molecule has 0 amide bonds. The van der Waals surface area contributed by atoms with Gasteiger partial charge in [0.15, 0.2) is 0 Å². The number of carboxylic acid groups (broad SMARTS) is 1. The van der Waals surface area contributed by atoms with Crippen molar-refractivity contribution in [2.24, 2.45) is 0 Å². The Kier molecular flexibility index (Phi) is 5.18. The second kappa shape index (κ2) is 6.42. The fourth-order valence-electron chi connectivity index (χ4n) is 1.26. The summed E-state index contributed by atoms with van der Waals surface area (Å²) in [5.41, 5.74) is 0.0742. The number of ether oxygens (including phenoxy) is 1. The van der Waals surface area contributed by atoms with Gasteiger partial charge in [0.25, 0.3) is 0 Å². The number of hydrogen-bond donors (Lipinski definition) is 2. The van der Waals surface area contributed by atoms with Gasteiger partial charge in [-0.3, -0.25) is 0 Å². The van der Waals surface area contributed by atoms with E-state index in [1.807, 2.05) is 6.92 Å². The highest BCUT2D eigenvalue weighted by atomic mass is 35.5. The Morgan fingerprint density at radius 3 is 2.94 bits per heavy atom. The fraction of sp³-hybridized carbons (Fsp3) is 0.455. The fourth-order valence-corrected chi connectivity index (χ4v) is 1.48. The minimum Gasteiger partial charge on any atom is -0.478 e. The van der Waals surface area contributed by atoms with Crippen molar-refractivity contribution in [3.8, 4) is 0 Å². The van der Waals surface area contributed by atoms with E-state index in [4.69, 9.17) is 21.4 Å². The number of aromatic nitrogens is 1. The van der Waals surface area contributed by atoms with Gasteiger partial charge in [-0.1, -0.05) is 11.6 Å². The van der Waals surface area contributed by atoms with Crippen LogP contribution in [0.1, 0.15) is 23.7 Å². The first-order chi connectivity index (χ1) is 8.04. The van der Waals surface area contributed by atoms with Crippen molar-refractivity contribution in [1.82, 2.24) is 4.98 Å². The Hall–Kier alpha value is -1.33. The van der Waals surface area contributed by atoms with Crippen LogP contribution in [0.15, 0.2) is 12.3 Å². The zero-order valence-electron chi connectivity index (χ0n) is 9.74. The highest BCUT2D eigenvalue weighted by molar-refractivity contribution is 6.33. The number of carboxylic acids is 1. The number of carbonyl (C=O) groups is 1. The van der Waals surface area contributed by atoms with Crippen molar-refractivity contribution in [3.05, 3.63) is 22.8 Å². The first-order valence-corrected chi connectivity index (χ1v) is 5.56. The summed E-state index contributed by atoms with van der Waals surface area (Å²) >= 11 is 5.93. The van der Waals surface area contributed by atoms with Crippen LogP contribution in [0.25, 0.3) is 0 Å². The maximum atomic E-state index is 10.7. The second-order valence-corrected chi connectivity index (χ2v) is 4.09. The van der Waals surface area contributed by atoms with E-state index in [1.165, 1.54) is 12.3 Å². The van der Waals surface area contributed by atoms with Gasteiger partial charge in [-0.15, -0.1) is 0 Å². The SMILES string of the molecule is COCCC(C)Nc1ncc(C(=O)O)cc1Cl. The number of nitrogens with one attached hydrogen (secondary N) is 1. The van der Waals surface area contributed by atoms with Crippen LogP contribution in [-0.2, 0) is 4.74 Å². The van der Waals surface area contributed by atoms with Crippen LogP contribution in [0, 0.1) is 0 Å². The molecular formula is C11H15ClN2O3. The number of rotatable bonds is 6. The monoisotopic (exact) mass is 258 g/mol. The van der Waals surface area contributed by atoms with E-state index in [-0.39, 0.29) is 11.6 Å². The van der Waals surface area contributed by atoms with Gasteiger partial charge in [0, 0.05) is 26.0 Å². The van der Waals surface area contributed by atoms with Crippen LogP contribution in [0.4, 0.5) is 5.82 Å². The Morgan fingerprint density at radius 1 is 1.71 bits per heavy atom. The molecule has 0 saturated heterocycles. The molecule has 5 nitrogen and oxygen atoms in total. The van der Waals surface area contributed by atoms with E-state index < -0.39 is 5.97 Å². The summed E-state index contributed by atoms with van der Waals surface area (Å²) < 4.78 is 4.96. The molecule has 0 bridgehead atoms. The lowest BCUT2D eigenvalue weighted by atomic mass is 10.2. The van der Waals surface area contributed by atoms with E-state index in [9.17, 15) is 4.79 Å². The van der Waals surface area contributed by atoms with Gasteiger partial charge in [0.1, 0.15) is 5.82 Å². The number of nitrogens with zero attached hydrogens (tertiary/aromatic N) is 1. The Bertz CT molecular complexity index is 398. The molecule has 0 radical (unpaired) electrons. The smallest absolute Gasteiger partial charge is 0.337 e. The number of halogens is 1. The maximum Gasteiger partial charge on any atom is 0.337 e. The molecule has 1 atom stereocenters. The highest BCUT2D eigenvalue weighted by Crippen LogP contribution is 2.21. The number of aromatic carboxylic acids is 1. The topological polar surface area (TPSA) is 71.5 Å². The molecule has 0 saturated carbocycles. The predicted molar refractivity (Wildman–Crippen MR) is 65.8 cm³/mol. The van der Waals surface area contributed by atoms with Crippen molar-refractivity contribution in [3.63, 3.8) is 0 Å². The first kappa shape index (κ1) is 13.7. The van der Waals surface area contributed by atoms with Gasteiger partial charge in [0.05, 0.1) is 10.6 Å². The molecule has 0 aliphatic carbocycles. The van der Waals surface area contributed by atoms with Gasteiger partial charge in [0.2, 0.25) is 0 Å². The van der Waals surface area contributed by atoms with Crippen molar-refractivity contribution in [1.29, 1.82) is 0 Å². The first-order valence-electron chi connectivity index (χ1n) is 5.19. The Balaban J connectivity index is 2.69. The van der Waals surface area contributed by atoms with Gasteiger partial charge in [-0.2, -0.15) is 0 Å². The number of anilines is 1. The predicted octanol–water partition coefficient (Wildman–Crippen LogP) is 2.27. The summed E-state index contributed by atoms with van der Waals surface area (Å²) in [4.78, 5) is 14.7. The lowest BCUT2D eigenvalue weighted by Crippen LogP contribution is -2.18. The Morgan fingerprint density at radius 2 is 2.41 bits per heavy atom. The van der Waals surface area contributed by atoms with E-state index in [1.54, 1.807) is 7.11 Å². The molecule has 6 heteroatoms. The van der Waals surface area contributed by atoms with Gasteiger partial charge >= 0.3 is 5.97 Å². The third-order valence-electron chi connectivity index (χ3n) is 2.23. The van der Waals surface area contributed by atoms with Gasteiger partial charge in [-0.25, -0.2) is 9.78 Å². The normalized spacial score (nSPS) is 12.2. The Labute approximate surface area is 105 Å². The average Bonchev–Trinajstić information content (AvgIpc) is 2.28. The third kappa shape index (κ3) is 4.20. The summed E-state index contributed by atoms with van der Waals surface area (Å²) in [6, 6.07) is 1.53. The van der Waals surface area contributed by atoms with Crippen LogP contribution in [0.5, 0.6) is 0 Å². The van der Waals surface area contributed by atoms with Crippen LogP contribution < -0.4 is 5.32 Å². The van der Waals surface area contributed by atoms with Crippen molar-refractivity contribution in [2.45, 2.75) is 19.4 Å². The van der Waals surface area contributed by atoms with Crippen LogP contribution in [0.3, 0.4) is 0 Å². The van der Waals surface area contributed by atoms with Gasteiger partial charge < -0.3 is 15.2 Å². The van der Waals surface area contributed by atoms with Crippen LogP contribution in [0.2, 0.25) is 5.02 Å². The highest BCUT2D eigenvalue weighted by Gasteiger charge is 2.10. The average molecular weight is 259 g/mol. The van der Waals surface area contributed by atoms with E-state index in [2.05, 4.69) is 10.3 Å². The zero-order valence-corrected chi connectivity index (χ0v) is 10.5. The van der Waals surface area contributed by atoms with Crippen LogP contribution >= 0.6 is 11.6 Å². The molecule has 2 N–H and O–H groups in total. The molecular weight excluding hydrogens is 244 g/mol. The zero-order chi connectivity index (χ0) is 12.8. The molecule has 1 rings (SSSR count). The number of methoxy groups -OCH3 is 1. The number of pyridine rings is 1. The third-order valence-corrected chi connectivity index (χ3v) is 2.51. The van der Waals surface area contributed by atoms with E-state index >= 15 is 0 Å². The van der Waals surface area contributed by atoms with Gasteiger partial charge in [-0.05, 0) is 19.4 Å². The molecule has 1 unspecified atom stereocenters. The molecule has 0 aliphatic rings. The standard InChI is InChI=1S/C11H15ClN2O3/c1-7(3-4-17-2)14-10-9(12)5-8(6-13-10)11(15)16/h5-7H,3-4H2,1-2H3,(H,13,14)(H,15,16). The molecule has 1 aromatic rings. The molecule has 94 valence electrons. The van der Waals surface area contributed by atoms with Crippen molar-refractivity contribution in [2.75, 3.05) is 19.0 Å². The van der Waals surface area contributed by atoms with Crippen molar-refractivity contribution < 1.29 is 14.6 Å². The molecule has 17 heavy (non-hydrogen) atoms. The maximum absolute atomic E-state index is 10.7. The quantitative estimate of drug-likeness (QED) is 0.819. The summed E-state index contributed by atoms with van der Waals surface area (Å²) in [6.45, 7) is 2.61. The minimum absolute atomic E-state index is 0.0742. The molecule has 0 aliphatic heterocycles. The summed E-state index contributed by atoms with van der Waals surface area (Å²) in [5.74, 6) is -0.557. The molecule has 0 spiro atoms. The number of hydrogen-bond acceptors (Lipinski definition) is 4. The van der Waals surface area contributed by atoms with Crippen LogP contribution in [-0.4, -0.2) is 35.8 Å². The summed E-state index contributed by atoms with van der Waals surface area (Å²) in [6.07, 6.45) is 2.09. The second-order valence-electron chi connectivity index (χ2n) is 3.69. The van der Waals surface area contributed by atoms with Crippen molar-refractivity contribution >= 4 is 23.4 Å². The lowest BCUT2D eigenvalue weighted by Gasteiger charge is -2.15. The molecule has 0 aromatic carbocycles. The lowest BCUT2D eigenvalue weighted by molar-refractivity contribution is 0.0696. The molecule has 0 fully saturated rings. The van der Waals surface area contributed by atoms with E-state index in [0.717, 1.165) is 6.42 Å².